The lowest BCUT2D eigenvalue weighted by Gasteiger charge is -2.22. The Bertz CT molecular complexity index is 341. The number of hydrogen-bond acceptors (Lipinski definition) is 3. The molecule has 19 heavy (non-hydrogen) atoms. The number of rotatable bonds is 10. The minimum atomic E-state index is 0.758. The monoisotopic (exact) mass is 264 g/mol. The van der Waals surface area contributed by atoms with Crippen LogP contribution in [0.5, 0.6) is 0 Å². The predicted octanol–water partition coefficient (Wildman–Crippen LogP) is 3.05. The second-order valence-corrected chi connectivity index (χ2v) is 4.93. The molecule has 1 rings (SSSR count). The minimum absolute atomic E-state index is 0.758. The van der Waals surface area contributed by atoms with Gasteiger partial charge >= 0.3 is 0 Å². The molecule has 1 aromatic carbocycles. The Morgan fingerprint density at radius 1 is 1.21 bits per heavy atom. The molecule has 0 saturated heterocycles. The van der Waals surface area contributed by atoms with Gasteiger partial charge in [-0.1, -0.05) is 38.0 Å². The predicted molar refractivity (Wildman–Crippen MR) is 82.8 cm³/mol. The molecular formula is C16H28N2O. The molecule has 3 heteroatoms. The van der Waals surface area contributed by atoms with Gasteiger partial charge in [-0.25, -0.2) is 0 Å². The number of nitrogens with one attached hydrogen (secondary N) is 1. The zero-order valence-electron chi connectivity index (χ0n) is 12.6. The summed E-state index contributed by atoms with van der Waals surface area (Å²) in [6.07, 6.45) is 3.84. The number of nitrogens with zero attached hydrogens (tertiary/aromatic N) is 1. The molecule has 0 aliphatic rings. The van der Waals surface area contributed by atoms with E-state index in [1.165, 1.54) is 30.5 Å². The van der Waals surface area contributed by atoms with Crippen LogP contribution in [0.4, 0.5) is 5.69 Å². The topological polar surface area (TPSA) is 24.5 Å². The van der Waals surface area contributed by atoms with Gasteiger partial charge in [-0.05, 0) is 18.1 Å². The molecule has 0 unspecified atom stereocenters. The van der Waals surface area contributed by atoms with E-state index in [-0.39, 0.29) is 0 Å². The lowest BCUT2D eigenvalue weighted by molar-refractivity contribution is 0.199. The fourth-order valence-corrected chi connectivity index (χ4v) is 2.15. The van der Waals surface area contributed by atoms with E-state index in [1.54, 1.807) is 7.11 Å². The highest BCUT2D eigenvalue weighted by atomic mass is 16.5. The summed E-state index contributed by atoms with van der Waals surface area (Å²) in [6.45, 7) is 5.92. The van der Waals surface area contributed by atoms with Crippen molar-refractivity contribution in [3.8, 4) is 0 Å². The third kappa shape index (κ3) is 6.08. The van der Waals surface area contributed by atoms with Crippen LogP contribution < -0.4 is 10.2 Å². The van der Waals surface area contributed by atoms with Gasteiger partial charge in [0.25, 0.3) is 0 Å². The molecule has 3 nitrogen and oxygen atoms in total. The van der Waals surface area contributed by atoms with Gasteiger partial charge in [0.2, 0.25) is 0 Å². The third-order valence-electron chi connectivity index (χ3n) is 3.30. The van der Waals surface area contributed by atoms with Gasteiger partial charge in [0.1, 0.15) is 0 Å². The molecule has 0 aromatic heterocycles. The van der Waals surface area contributed by atoms with Crippen molar-refractivity contribution < 1.29 is 4.74 Å². The average molecular weight is 264 g/mol. The summed E-state index contributed by atoms with van der Waals surface area (Å²) < 4.78 is 5.05. The van der Waals surface area contributed by atoms with Gasteiger partial charge in [-0.2, -0.15) is 0 Å². The van der Waals surface area contributed by atoms with Gasteiger partial charge < -0.3 is 15.0 Å². The van der Waals surface area contributed by atoms with Crippen molar-refractivity contribution in [1.82, 2.24) is 5.32 Å². The van der Waals surface area contributed by atoms with Gasteiger partial charge in [0.05, 0.1) is 6.61 Å². The number of ether oxygens (including phenoxy) is 1. The standard InChI is InChI=1S/C16H28N2O/c1-4-5-8-12-18(2)16-10-7-6-9-15(16)14-17-11-13-19-3/h6-7,9-10,17H,4-5,8,11-14H2,1-3H3. The van der Waals surface area contributed by atoms with E-state index in [0.29, 0.717) is 0 Å². The lowest BCUT2D eigenvalue weighted by Crippen LogP contribution is -2.23. The Morgan fingerprint density at radius 2 is 2.00 bits per heavy atom. The smallest absolute Gasteiger partial charge is 0.0587 e. The summed E-state index contributed by atoms with van der Waals surface area (Å²) >= 11 is 0. The molecular weight excluding hydrogens is 236 g/mol. The first-order valence-electron chi connectivity index (χ1n) is 7.28. The Hall–Kier alpha value is -1.06. The Morgan fingerprint density at radius 3 is 2.74 bits per heavy atom. The summed E-state index contributed by atoms with van der Waals surface area (Å²) in [5.41, 5.74) is 2.70. The van der Waals surface area contributed by atoms with E-state index in [1.807, 2.05) is 0 Å². The molecule has 0 bridgehead atoms. The van der Waals surface area contributed by atoms with E-state index in [4.69, 9.17) is 4.74 Å². The fourth-order valence-electron chi connectivity index (χ4n) is 2.15. The molecule has 0 spiro atoms. The summed E-state index contributed by atoms with van der Waals surface area (Å²) in [5.74, 6) is 0. The van der Waals surface area contributed by atoms with Crippen LogP contribution in [0.2, 0.25) is 0 Å². The van der Waals surface area contributed by atoms with Crippen molar-refractivity contribution in [1.29, 1.82) is 0 Å². The summed E-state index contributed by atoms with van der Waals surface area (Å²) in [5, 5.41) is 3.41. The lowest BCUT2D eigenvalue weighted by atomic mass is 10.1. The molecule has 108 valence electrons. The van der Waals surface area contributed by atoms with E-state index >= 15 is 0 Å². The normalized spacial score (nSPS) is 10.7. The molecule has 1 N–H and O–H groups in total. The second-order valence-electron chi connectivity index (χ2n) is 4.93. The molecule has 0 aliphatic heterocycles. The van der Waals surface area contributed by atoms with Crippen LogP contribution in [-0.4, -0.2) is 33.9 Å². The number of anilines is 1. The first-order valence-corrected chi connectivity index (χ1v) is 7.28. The maximum Gasteiger partial charge on any atom is 0.0587 e. The average Bonchev–Trinajstić information content (AvgIpc) is 2.44. The van der Waals surface area contributed by atoms with Gasteiger partial charge in [0, 0.05) is 39.5 Å². The fraction of sp³-hybridized carbons (Fsp3) is 0.625. The zero-order valence-corrected chi connectivity index (χ0v) is 12.6. The minimum Gasteiger partial charge on any atom is -0.383 e. The molecule has 0 amide bonds. The van der Waals surface area contributed by atoms with Crippen molar-refractivity contribution in [3.05, 3.63) is 29.8 Å². The molecule has 0 atom stereocenters. The van der Waals surface area contributed by atoms with Crippen molar-refractivity contribution in [2.24, 2.45) is 0 Å². The van der Waals surface area contributed by atoms with Crippen LogP contribution in [0.25, 0.3) is 0 Å². The summed E-state index contributed by atoms with van der Waals surface area (Å²) in [7, 11) is 3.92. The highest BCUT2D eigenvalue weighted by molar-refractivity contribution is 5.52. The number of methoxy groups -OCH3 is 1. The van der Waals surface area contributed by atoms with Gasteiger partial charge in [-0.3, -0.25) is 0 Å². The molecule has 0 radical (unpaired) electrons. The van der Waals surface area contributed by atoms with E-state index in [0.717, 1.165) is 26.2 Å². The maximum absolute atomic E-state index is 5.05. The highest BCUT2D eigenvalue weighted by Crippen LogP contribution is 2.19. The Balaban J connectivity index is 2.51. The van der Waals surface area contributed by atoms with Crippen molar-refractivity contribution in [3.63, 3.8) is 0 Å². The van der Waals surface area contributed by atoms with Crippen LogP contribution in [0.1, 0.15) is 31.7 Å². The van der Waals surface area contributed by atoms with Crippen molar-refractivity contribution >= 4 is 5.69 Å². The highest BCUT2D eigenvalue weighted by Gasteiger charge is 2.06. The maximum atomic E-state index is 5.05. The molecule has 0 heterocycles. The number of para-hydroxylation sites is 1. The van der Waals surface area contributed by atoms with Crippen LogP contribution in [-0.2, 0) is 11.3 Å². The van der Waals surface area contributed by atoms with Crippen molar-refractivity contribution in [2.75, 3.05) is 38.8 Å². The van der Waals surface area contributed by atoms with E-state index in [2.05, 4.69) is 48.5 Å². The summed E-state index contributed by atoms with van der Waals surface area (Å²) in [4.78, 5) is 2.36. The van der Waals surface area contributed by atoms with Crippen molar-refractivity contribution in [2.45, 2.75) is 32.7 Å². The second kappa shape index (κ2) is 9.82. The zero-order chi connectivity index (χ0) is 13.9. The SMILES string of the molecule is CCCCCN(C)c1ccccc1CNCCOC. The van der Waals surface area contributed by atoms with Crippen LogP contribution in [0.15, 0.2) is 24.3 Å². The van der Waals surface area contributed by atoms with Gasteiger partial charge in [-0.15, -0.1) is 0 Å². The van der Waals surface area contributed by atoms with Crippen LogP contribution >= 0.6 is 0 Å². The number of benzene rings is 1. The molecule has 0 saturated carbocycles. The van der Waals surface area contributed by atoms with E-state index < -0.39 is 0 Å². The molecule has 1 aromatic rings. The largest absolute Gasteiger partial charge is 0.383 e. The molecule has 0 aliphatic carbocycles. The van der Waals surface area contributed by atoms with Gasteiger partial charge in [0.15, 0.2) is 0 Å². The number of unbranched alkanes of at least 4 members (excludes halogenated alkanes) is 2. The Kier molecular flexibility index (Phi) is 8.26. The van der Waals surface area contributed by atoms with E-state index in [9.17, 15) is 0 Å². The van der Waals surface area contributed by atoms with Crippen LogP contribution in [0, 0.1) is 0 Å². The molecule has 0 fully saturated rings. The number of hydrogen-bond donors (Lipinski definition) is 1. The quantitative estimate of drug-likeness (QED) is 0.657. The summed E-state index contributed by atoms with van der Waals surface area (Å²) in [6, 6.07) is 8.63. The van der Waals surface area contributed by atoms with Crippen LogP contribution in [0.3, 0.4) is 0 Å². The third-order valence-corrected chi connectivity index (χ3v) is 3.30. The Labute approximate surface area is 118 Å². The first kappa shape index (κ1) is 16.0. The first-order chi connectivity index (χ1) is 9.29.